The lowest BCUT2D eigenvalue weighted by Gasteiger charge is -2.47. The van der Waals surface area contributed by atoms with Crippen molar-refractivity contribution in [1.29, 1.82) is 0 Å². The molecular weight excluding hydrogens is 261 g/mol. The molecule has 0 atom stereocenters. The number of ether oxygens (including phenoxy) is 1. The number of nitrogens with zero attached hydrogens (tertiary/aromatic N) is 2. The monoisotopic (exact) mass is 287 g/mol. The van der Waals surface area contributed by atoms with Crippen LogP contribution < -0.4 is 5.73 Å². The van der Waals surface area contributed by atoms with Gasteiger partial charge in [-0.15, -0.1) is 0 Å². The van der Waals surface area contributed by atoms with Gasteiger partial charge in [-0.3, -0.25) is 4.90 Å². The summed E-state index contributed by atoms with van der Waals surface area (Å²) in [6.45, 7) is 7.77. The number of hydrogen-bond acceptors (Lipinski definition) is 4. The SMILES string of the molecule is CC(C)(C)OC(=O)N1CC(F)(CN2CCC(N)CC2)C1. The molecule has 0 aromatic carbocycles. The smallest absolute Gasteiger partial charge is 0.410 e. The van der Waals surface area contributed by atoms with Crippen molar-refractivity contribution in [1.82, 2.24) is 9.80 Å². The first kappa shape index (κ1) is 15.5. The number of hydrogen-bond donors (Lipinski definition) is 1. The average Bonchev–Trinajstić information content (AvgIpc) is 2.26. The van der Waals surface area contributed by atoms with Crippen LogP contribution in [0.2, 0.25) is 0 Å². The molecule has 2 heterocycles. The number of halogens is 1. The highest BCUT2D eigenvalue weighted by Gasteiger charge is 2.48. The Balaban J connectivity index is 1.75. The first-order valence-corrected chi connectivity index (χ1v) is 7.32. The Morgan fingerprint density at radius 3 is 2.40 bits per heavy atom. The van der Waals surface area contributed by atoms with Crippen molar-refractivity contribution in [2.75, 3.05) is 32.7 Å². The van der Waals surface area contributed by atoms with Crippen LogP contribution in [0, 0.1) is 0 Å². The van der Waals surface area contributed by atoms with Gasteiger partial charge in [0.05, 0.1) is 13.1 Å². The maximum atomic E-state index is 14.5. The molecule has 2 fully saturated rings. The van der Waals surface area contributed by atoms with Gasteiger partial charge in [0.1, 0.15) is 5.60 Å². The minimum atomic E-state index is -1.29. The Kier molecular flexibility index (Phi) is 4.25. The van der Waals surface area contributed by atoms with Gasteiger partial charge >= 0.3 is 6.09 Å². The second-order valence-corrected chi connectivity index (χ2v) is 7.10. The Labute approximate surface area is 120 Å². The first-order chi connectivity index (χ1) is 9.17. The number of alkyl halides is 1. The zero-order valence-electron chi connectivity index (χ0n) is 12.7. The van der Waals surface area contributed by atoms with Gasteiger partial charge in [-0.2, -0.15) is 0 Å². The maximum Gasteiger partial charge on any atom is 0.410 e. The Morgan fingerprint density at radius 1 is 1.35 bits per heavy atom. The van der Waals surface area contributed by atoms with Crippen LogP contribution in [0.25, 0.3) is 0 Å². The average molecular weight is 287 g/mol. The predicted molar refractivity (Wildman–Crippen MR) is 75.3 cm³/mol. The van der Waals surface area contributed by atoms with E-state index in [0.29, 0.717) is 6.54 Å². The minimum absolute atomic E-state index is 0.129. The van der Waals surface area contributed by atoms with Crippen molar-refractivity contribution < 1.29 is 13.9 Å². The largest absolute Gasteiger partial charge is 0.444 e. The first-order valence-electron chi connectivity index (χ1n) is 7.32. The van der Waals surface area contributed by atoms with E-state index >= 15 is 0 Å². The standard InChI is InChI=1S/C14H26FN3O2/c1-13(2,3)20-12(19)18-9-14(15,10-18)8-17-6-4-11(16)5-7-17/h11H,4-10,16H2,1-3H3. The van der Waals surface area contributed by atoms with Crippen LogP contribution in [0.3, 0.4) is 0 Å². The summed E-state index contributed by atoms with van der Waals surface area (Å²) >= 11 is 0. The van der Waals surface area contributed by atoms with Gasteiger partial charge in [0, 0.05) is 12.6 Å². The van der Waals surface area contributed by atoms with Crippen molar-refractivity contribution in [2.24, 2.45) is 5.73 Å². The third kappa shape index (κ3) is 4.06. The van der Waals surface area contributed by atoms with Crippen molar-refractivity contribution in [3.05, 3.63) is 0 Å². The molecule has 2 N–H and O–H groups in total. The zero-order chi connectivity index (χ0) is 15.0. The van der Waals surface area contributed by atoms with Crippen molar-refractivity contribution in [3.63, 3.8) is 0 Å². The van der Waals surface area contributed by atoms with Crippen LogP contribution in [0.4, 0.5) is 9.18 Å². The summed E-state index contributed by atoms with van der Waals surface area (Å²) in [5, 5.41) is 0. The number of rotatable bonds is 2. The van der Waals surface area contributed by atoms with E-state index in [1.165, 1.54) is 4.90 Å². The Bertz CT molecular complexity index is 356. The summed E-state index contributed by atoms with van der Waals surface area (Å²) in [4.78, 5) is 15.3. The number of piperidine rings is 1. The summed E-state index contributed by atoms with van der Waals surface area (Å²) in [6, 6.07) is 0.251. The molecule has 2 rings (SSSR count). The van der Waals surface area contributed by atoms with E-state index in [4.69, 9.17) is 10.5 Å². The van der Waals surface area contributed by atoms with Crippen molar-refractivity contribution in [2.45, 2.75) is 50.9 Å². The fraction of sp³-hybridized carbons (Fsp3) is 0.929. The van der Waals surface area contributed by atoms with E-state index in [0.717, 1.165) is 25.9 Å². The summed E-state index contributed by atoms with van der Waals surface area (Å²) in [5.74, 6) is 0. The van der Waals surface area contributed by atoms with Crippen LogP contribution in [0.5, 0.6) is 0 Å². The molecule has 0 aromatic heterocycles. The van der Waals surface area contributed by atoms with E-state index in [-0.39, 0.29) is 19.1 Å². The third-order valence-electron chi connectivity index (χ3n) is 3.74. The molecule has 5 nitrogen and oxygen atoms in total. The predicted octanol–water partition coefficient (Wildman–Crippen LogP) is 1.37. The molecular formula is C14H26FN3O2. The summed E-state index contributed by atoms with van der Waals surface area (Å²) in [6.07, 6.45) is 1.42. The van der Waals surface area contributed by atoms with Crippen LogP contribution in [0.1, 0.15) is 33.6 Å². The molecule has 0 bridgehead atoms. The normalized spacial score (nSPS) is 24.4. The van der Waals surface area contributed by atoms with Gasteiger partial charge in [-0.1, -0.05) is 0 Å². The van der Waals surface area contributed by atoms with Crippen molar-refractivity contribution in [3.8, 4) is 0 Å². The van der Waals surface area contributed by atoms with Crippen LogP contribution in [-0.4, -0.2) is 65.9 Å². The van der Waals surface area contributed by atoms with Crippen LogP contribution in [-0.2, 0) is 4.74 Å². The van der Waals surface area contributed by atoms with E-state index in [1.54, 1.807) is 0 Å². The van der Waals surface area contributed by atoms with Crippen molar-refractivity contribution >= 4 is 6.09 Å². The summed E-state index contributed by atoms with van der Waals surface area (Å²) in [7, 11) is 0. The summed E-state index contributed by atoms with van der Waals surface area (Å²) in [5.41, 5.74) is 4.01. The molecule has 0 saturated carbocycles. The molecule has 2 aliphatic rings. The minimum Gasteiger partial charge on any atom is -0.444 e. The highest BCUT2D eigenvalue weighted by atomic mass is 19.1. The number of nitrogens with two attached hydrogens (primary N) is 1. The second kappa shape index (κ2) is 5.48. The van der Waals surface area contributed by atoms with E-state index in [9.17, 15) is 9.18 Å². The number of carbonyl (C=O) groups is 1. The highest BCUT2D eigenvalue weighted by molar-refractivity contribution is 5.69. The number of carbonyl (C=O) groups excluding carboxylic acids is 1. The fourth-order valence-electron chi connectivity index (χ4n) is 2.71. The van der Waals surface area contributed by atoms with Gasteiger partial charge in [-0.25, -0.2) is 9.18 Å². The van der Waals surface area contributed by atoms with Gasteiger partial charge in [-0.05, 0) is 46.7 Å². The van der Waals surface area contributed by atoms with Crippen LogP contribution >= 0.6 is 0 Å². The lowest BCUT2D eigenvalue weighted by atomic mass is 9.94. The molecule has 2 aliphatic heterocycles. The van der Waals surface area contributed by atoms with Gasteiger partial charge in [0.2, 0.25) is 0 Å². The molecule has 1 amide bonds. The molecule has 0 spiro atoms. The number of likely N-dealkylation sites (tertiary alicyclic amines) is 2. The molecule has 0 aromatic rings. The Morgan fingerprint density at radius 2 is 1.90 bits per heavy atom. The van der Waals surface area contributed by atoms with Gasteiger partial charge in [0.15, 0.2) is 5.67 Å². The van der Waals surface area contributed by atoms with Gasteiger partial charge in [0.25, 0.3) is 0 Å². The third-order valence-corrected chi connectivity index (χ3v) is 3.74. The zero-order valence-corrected chi connectivity index (χ0v) is 12.7. The number of amides is 1. The summed E-state index contributed by atoms with van der Waals surface area (Å²) < 4.78 is 19.7. The lowest BCUT2D eigenvalue weighted by molar-refractivity contribution is -0.0660. The molecule has 0 radical (unpaired) electrons. The molecule has 116 valence electrons. The molecule has 0 aliphatic carbocycles. The fourth-order valence-corrected chi connectivity index (χ4v) is 2.71. The van der Waals surface area contributed by atoms with E-state index in [2.05, 4.69) is 4.90 Å². The highest BCUT2D eigenvalue weighted by Crippen LogP contribution is 2.29. The van der Waals surface area contributed by atoms with Crippen LogP contribution in [0.15, 0.2) is 0 Å². The van der Waals surface area contributed by atoms with E-state index in [1.807, 2.05) is 20.8 Å². The molecule has 20 heavy (non-hydrogen) atoms. The van der Waals surface area contributed by atoms with Gasteiger partial charge < -0.3 is 15.4 Å². The van der Waals surface area contributed by atoms with E-state index < -0.39 is 17.4 Å². The Hall–Kier alpha value is -0.880. The quantitative estimate of drug-likeness (QED) is 0.833. The molecule has 0 unspecified atom stereocenters. The molecule has 2 saturated heterocycles. The second-order valence-electron chi connectivity index (χ2n) is 7.10. The molecule has 6 heteroatoms. The maximum absolute atomic E-state index is 14.5. The topological polar surface area (TPSA) is 58.8 Å². The lowest BCUT2D eigenvalue weighted by Crippen LogP contribution is -2.66.